The van der Waals surface area contributed by atoms with Crippen molar-refractivity contribution in [1.82, 2.24) is 15.6 Å². The summed E-state index contributed by atoms with van der Waals surface area (Å²) in [6.45, 7) is 6.40. The van der Waals surface area contributed by atoms with Gasteiger partial charge in [0.2, 0.25) is 0 Å². The Morgan fingerprint density at radius 1 is 1.41 bits per heavy atom. The van der Waals surface area contributed by atoms with Gasteiger partial charge in [-0.15, -0.1) is 35.3 Å². The summed E-state index contributed by atoms with van der Waals surface area (Å²) in [6, 6.07) is 5.35. The Hall–Kier alpha value is -1.59. The Bertz CT molecular complexity index is 860. The molecule has 2 N–H and O–H groups in total. The van der Waals surface area contributed by atoms with Crippen LogP contribution in [-0.2, 0) is 11.3 Å². The smallest absolute Gasteiger partial charge is 0.350 e. The fourth-order valence-electron chi connectivity index (χ4n) is 2.49. The average molecular weight is 553 g/mol. The number of nitrogens with one attached hydrogen (secondary N) is 2. The fourth-order valence-corrected chi connectivity index (χ4v) is 3.62. The van der Waals surface area contributed by atoms with Gasteiger partial charge in [0.1, 0.15) is 15.6 Å². The van der Waals surface area contributed by atoms with E-state index in [0.29, 0.717) is 40.5 Å². The van der Waals surface area contributed by atoms with Gasteiger partial charge in [0.25, 0.3) is 0 Å². The number of carbonyl (C=O) groups is 1. The van der Waals surface area contributed by atoms with E-state index in [-0.39, 0.29) is 36.0 Å². The normalized spacial score (nSPS) is 12.0. The number of benzene rings is 1. The van der Waals surface area contributed by atoms with E-state index in [9.17, 15) is 4.79 Å². The molecule has 0 bridgehead atoms. The second-order valence-corrected chi connectivity index (χ2v) is 7.40. The van der Waals surface area contributed by atoms with E-state index in [1.807, 2.05) is 19.1 Å². The summed E-state index contributed by atoms with van der Waals surface area (Å²) < 4.78 is 10.4. The summed E-state index contributed by atoms with van der Waals surface area (Å²) in [6.07, 6.45) is 0. The molecule has 29 heavy (non-hydrogen) atoms. The first-order valence-corrected chi connectivity index (χ1v) is 10.0. The molecule has 0 aliphatic rings. The molecule has 2 rings (SSSR count). The minimum absolute atomic E-state index is 0. The van der Waals surface area contributed by atoms with Crippen LogP contribution in [0.3, 0.4) is 0 Å². The summed E-state index contributed by atoms with van der Waals surface area (Å²) in [5, 5.41) is 7.93. The Morgan fingerprint density at radius 3 is 2.76 bits per heavy atom. The zero-order valence-electron chi connectivity index (χ0n) is 17.0. The number of aryl methyl sites for hydroxylation is 1. The zero-order chi connectivity index (χ0) is 20.7. The van der Waals surface area contributed by atoms with Gasteiger partial charge in [0, 0.05) is 24.2 Å². The number of ether oxygens (including phenoxy) is 2. The molecular weight excluding hydrogens is 527 g/mol. The first-order chi connectivity index (χ1) is 13.4. The van der Waals surface area contributed by atoms with Gasteiger partial charge in [-0.2, -0.15) is 0 Å². The lowest BCUT2D eigenvalue weighted by Gasteiger charge is -2.17. The highest BCUT2D eigenvalue weighted by molar-refractivity contribution is 14.0. The molecule has 2 aromatic rings. The number of methoxy groups -OCH3 is 1. The van der Waals surface area contributed by atoms with Crippen molar-refractivity contribution in [2.75, 3.05) is 20.8 Å². The highest BCUT2D eigenvalue weighted by atomic mass is 127. The predicted octanol–water partition coefficient (Wildman–Crippen LogP) is 4.33. The number of rotatable bonds is 7. The van der Waals surface area contributed by atoms with Crippen LogP contribution in [0.25, 0.3) is 0 Å². The molecule has 0 saturated heterocycles. The number of carbonyl (C=O) groups excluding carboxylic acids is 1. The molecule has 1 heterocycles. The largest absolute Gasteiger partial charge is 0.496 e. The van der Waals surface area contributed by atoms with E-state index in [4.69, 9.17) is 21.1 Å². The lowest BCUT2D eigenvalue weighted by Crippen LogP contribution is -2.38. The van der Waals surface area contributed by atoms with Crippen molar-refractivity contribution in [3.8, 4) is 5.75 Å². The molecule has 0 aliphatic carbocycles. The van der Waals surface area contributed by atoms with E-state index in [0.717, 1.165) is 10.6 Å². The van der Waals surface area contributed by atoms with Crippen LogP contribution in [0.1, 0.15) is 45.8 Å². The van der Waals surface area contributed by atoms with Crippen LogP contribution in [0.2, 0.25) is 5.02 Å². The Balaban J connectivity index is 0.00000420. The summed E-state index contributed by atoms with van der Waals surface area (Å²) in [7, 11) is 3.30. The van der Waals surface area contributed by atoms with Gasteiger partial charge in [-0.1, -0.05) is 17.7 Å². The van der Waals surface area contributed by atoms with Gasteiger partial charge in [-0.3, -0.25) is 4.99 Å². The Labute approximate surface area is 197 Å². The maximum Gasteiger partial charge on any atom is 0.350 e. The molecule has 10 heteroatoms. The predicted molar refractivity (Wildman–Crippen MR) is 128 cm³/mol. The van der Waals surface area contributed by atoms with Crippen molar-refractivity contribution < 1.29 is 14.3 Å². The maximum absolute atomic E-state index is 12.0. The third-order valence-electron chi connectivity index (χ3n) is 3.92. The average Bonchev–Trinajstić information content (AvgIpc) is 3.07. The topological polar surface area (TPSA) is 84.8 Å². The van der Waals surface area contributed by atoms with E-state index in [2.05, 4.69) is 20.6 Å². The van der Waals surface area contributed by atoms with Crippen molar-refractivity contribution in [3.63, 3.8) is 0 Å². The first-order valence-electron chi connectivity index (χ1n) is 8.83. The number of aromatic nitrogens is 1. The number of hydrogen-bond acceptors (Lipinski definition) is 6. The minimum atomic E-state index is -0.340. The van der Waals surface area contributed by atoms with Crippen molar-refractivity contribution in [2.45, 2.75) is 33.4 Å². The Morgan fingerprint density at radius 2 is 2.14 bits per heavy atom. The van der Waals surface area contributed by atoms with Crippen molar-refractivity contribution in [2.24, 2.45) is 4.99 Å². The number of thiazole rings is 1. The number of guanidine groups is 1. The van der Waals surface area contributed by atoms with Gasteiger partial charge in [0.05, 0.1) is 25.5 Å². The zero-order valence-corrected chi connectivity index (χ0v) is 20.9. The van der Waals surface area contributed by atoms with Crippen LogP contribution in [0.4, 0.5) is 0 Å². The first kappa shape index (κ1) is 25.4. The number of hydrogen-bond donors (Lipinski definition) is 2. The van der Waals surface area contributed by atoms with E-state index in [1.165, 1.54) is 11.3 Å². The molecule has 0 aliphatic heterocycles. The van der Waals surface area contributed by atoms with Crippen molar-refractivity contribution in [3.05, 3.63) is 44.4 Å². The molecule has 1 aromatic heterocycles. The minimum Gasteiger partial charge on any atom is -0.496 e. The second-order valence-electron chi connectivity index (χ2n) is 5.94. The third kappa shape index (κ3) is 7.00. The monoisotopic (exact) mass is 552 g/mol. The highest BCUT2D eigenvalue weighted by Crippen LogP contribution is 2.25. The van der Waals surface area contributed by atoms with Gasteiger partial charge in [-0.25, -0.2) is 9.78 Å². The molecule has 0 radical (unpaired) electrons. The lowest BCUT2D eigenvalue weighted by molar-refractivity contribution is 0.0531. The van der Waals surface area contributed by atoms with E-state index in [1.54, 1.807) is 34.1 Å². The summed E-state index contributed by atoms with van der Waals surface area (Å²) in [5.74, 6) is 0.974. The number of esters is 1. The van der Waals surface area contributed by atoms with Crippen LogP contribution >= 0.6 is 46.9 Å². The molecule has 0 saturated carbocycles. The molecule has 1 unspecified atom stereocenters. The number of nitrogens with zero attached hydrogens (tertiary/aromatic N) is 2. The van der Waals surface area contributed by atoms with Gasteiger partial charge >= 0.3 is 5.97 Å². The molecule has 0 amide bonds. The van der Waals surface area contributed by atoms with E-state index >= 15 is 0 Å². The summed E-state index contributed by atoms with van der Waals surface area (Å²) in [5.41, 5.74) is 1.62. The number of aliphatic imine (C=N–C) groups is 1. The van der Waals surface area contributed by atoms with Crippen LogP contribution < -0.4 is 15.4 Å². The molecule has 1 aromatic carbocycles. The lowest BCUT2D eigenvalue weighted by atomic mass is 10.2. The SMILES string of the molecule is CCOC(=O)c1sc(C(C)NC(=NC)NCc2ccc(Cl)cc2OC)nc1C.I. The van der Waals surface area contributed by atoms with Gasteiger partial charge in [-0.05, 0) is 32.9 Å². The van der Waals surface area contributed by atoms with Crippen LogP contribution in [0.5, 0.6) is 5.75 Å². The molecule has 0 fully saturated rings. The molecule has 7 nitrogen and oxygen atoms in total. The molecule has 0 spiro atoms. The van der Waals surface area contributed by atoms with Gasteiger partial charge in [0.15, 0.2) is 5.96 Å². The summed E-state index contributed by atoms with van der Waals surface area (Å²) in [4.78, 5) is 21.3. The van der Waals surface area contributed by atoms with Crippen LogP contribution in [-0.4, -0.2) is 37.7 Å². The van der Waals surface area contributed by atoms with Crippen LogP contribution in [0.15, 0.2) is 23.2 Å². The summed E-state index contributed by atoms with van der Waals surface area (Å²) >= 11 is 7.33. The fraction of sp³-hybridized carbons (Fsp3) is 0.421. The number of halogens is 2. The third-order valence-corrected chi connectivity index (χ3v) is 5.47. The Kier molecular flexibility index (Phi) is 10.7. The molecule has 1 atom stereocenters. The quantitative estimate of drug-likeness (QED) is 0.230. The second kappa shape index (κ2) is 12.2. The van der Waals surface area contributed by atoms with Gasteiger partial charge < -0.3 is 20.1 Å². The standard InChI is InChI=1S/C19H25ClN4O3S.HI/c1-6-27-18(25)16-11(2)23-17(28-16)12(3)24-19(21-4)22-10-13-7-8-14(20)9-15(13)26-5;/h7-9,12H,6,10H2,1-5H3,(H2,21,22,24);1H. The maximum atomic E-state index is 12.0. The molecule has 160 valence electrons. The van der Waals surface area contributed by atoms with Crippen molar-refractivity contribution in [1.29, 1.82) is 0 Å². The van der Waals surface area contributed by atoms with E-state index < -0.39 is 0 Å². The van der Waals surface area contributed by atoms with Crippen LogP contribution in [0, 0.1) is 6.92 Å². The highest BCUT2D eigenvalue weighted by Gasteiger charge is 2.20. The van der Waals surface area contributed by atoms with Crippen molar-refractivity contribution >= 4 is 58.8 Å². The molecular formula is C19H26ClIN4O3S.